The van der Waals surface area contributed by atoms with Crippen molar-refractivity contribution in [2.24, 2.45) is 0 Å². The van der Waals surface area contributed by atoms with Crippen molar-refractivity contribution in [1.82, 2.24) is 5.32 Å². The lowest BCUT2D eigenvalue weighted by atomic mass is 10.1. The summed E-state index contributed by atoms with van der Waals surface area (Å²) in [4.78, 5) is 22.4. The Labute approximate surface area is 115 Å². The van der Waals surface area contributed by atoms with Gasteiger partial charge in [-0.25, -0.2) is 0 Å². The number of carbonyl (C=O) groups is 2. The van der Waals surface area contributed by atoms with Crippen LogP contribution in [0.4, 0.5) is 0 Å². The number of hydrogen-bond acceptors (Lipinski definition) is 2. The van der Waals surface area contributed by atoms with Crippen LogP contribution in [0.1, 0.15) is 35.7 Å². The molecule has 0 bridgehead atoms. The Morgan fingerprint density at radius 2 is 2.11 bits per heavy atom. The van der Waals surface area contributed by atoms with Crippen molar-refractivity contribution in [2.45, 2.75) is 32.7 Å². The van der Waals surface area contributed by atoms with Crippen LogP contribution in [0.3, 0.4) is 0 Å². The predicted molar refractivity (Wildman–Crippen MR) is 72.7 cm³/mol. The first-order chi connectivity index (χ1) is 8.40. The molecule has 1 aromatic rings. The SMILES string of the molecule is Cc1ccc(Br)c(C(=O)NC(C)CCC(=O)O)c1. The van der Waals surface area contributed by atoms with Gasteiger partial charge in [-0.05, 0) is 48.3 Å². The van der Waals surface area contributed by atoms with Gasteiger partial charge in [-0.2, -0.15) is 0 Å². The van der Waals surface area contributed by atoms with Gasteiger partial charge in [0.1, 0.15) is 0 Å². The van der Waals surface area contributed by atoms with Gasteiger partial charge in [-0.3, -0.25) is 9.59 Å². The van der Waals surface area contributed by atoms with E-state index in [9.17, 15) is 9.59 Å². The summed E-state index contributed by atoms with van der Waals surface area (Å²) in [6.45, 7) is 3.71. The molecular formula is C13H16BrNO3. The first kappa shape index (κ1) is 14.7. The molecule has 1 rings (SSSR count). The summed E-state index contributed by atoms with van der Waals surface area (Å²) in [6, 6.07) is 5.37. The smallest absolute Gasteiger partial charge is 0.303 e. The third-order valence-corrected chi connectivity index (χ3v) is 3.23. The molecule has 18 heavy (non-hydrogen) atoms. The van der Waals surface area contributed by atoms with Crippen molar-refractivity contribution in [3.05, 3.63) is 33.8 Å². The number of amides is 1. The number of aliphatic carboxylic acids is 1. The monoisotopic (exact) mass is 313 g/mol. The minimum atomic E-state index is -0.854. The van der Waals surface area contributed by atoms with Gasteiger partial charge in [0.05, 0.1) is 5.56 Å². The van der Waals surface area contributed by atoms with Gasteiger partial charge in [0.2, 0.25) is 0 Å². The number of carbonyl (C=O) groups excluding carboxylic acids is 1. The zero-order valence-electron chi connectivity index (χ0n) is 10.4. The standard InChI is InChI=1S/C13H16BrNO3/c1-8-3-5-11(14)10(7-8)13(18)15-9(2)4-6-12(16)17/h3,5,7,9H,4,6H2,1-2H3,(H,15,18)(H,16,17). The molecule has 0 fully saturated rings. The Kier molecular flexibility index (Phi) is 5.34. The van der Waals surface area contributed by atoms with E-state index in [1.54, 1.807) is 13.0 Å². The molecule has 0 radical (unpaired) electrons. The molecule has 4 nitrogen and oxygen atoms in total. The molecule has 0 spiro atoms. The maximum Gasteiger partial charge on any atom is 0.303 e. The van der Waals surface area contributed by atoms with Crippen molar-refractivity contribution in [1.29, 1.82) is 0 Å². The number of rotatable bonds is 5. The number of hydrogen-bond donors (Lipinski definition) is 2. The Hall–Kier alpha value is -1.36. The van der Waals surface area contributed by atoms with E-state index >= 15 is 0 Å². The molecule has 0 saturated carbocycles. The van der Waals surface area contributed by atoms with Gasteiger partial charge in [-0.1, -0.05) is 11.6 Å². The number of carboxylic acids is 1. The zero-order valence-corrected chi connectivity index (χ0v) is 12.0. The van der Waals surface area contributed by atoms with Crippen LogP contribution in [0, 0.1) is 6.92 Å². The Morgan fingerprint density at radius 1 is 1.44 bits per heavy atom. The Morgan fingerprint density at radius 3 is 2.72 bits per heavy atom. The molecule has 0 saturated heterocycles. The summed E-state index contributed by atoms with van der Waals surface area (Å²) >= 11 is 3.33. The maximum absolute atomic E-state index is 12.0. The lowest BCUT2D eigenvalue weighted by molar-refractivity contribution is -0.137. The van der Waals surface area contributed by atoms with Crippen LogP contribution in [0.5, 0.6) is 0 Å². The molecule has 0 aliphatic rings. The molecule has 1 aromatic carbocycles. The van der Waals surface area contributed by atoms with E-state index in [2.05, 4.69) is 21.2 Å². The fraction of sp³-hybridized carbons (Fsp3) is 0.385. The van der Waals surface area contributed by atoms with Gasteiger partial charge in [0.15, 0.2) is 0 Å². The minimum absolute atomic E-state index is 0.0520. The zero-order chi connectivity index (χ0) is 13.7. The molecule has 0 aromatic heterocycles. The summed E-state index contributed by atoms with van der Waals surface area (Å²) in [5.74, 6) is -1.05. The maximum atomic E-state index is 12.0. The van der Waals surface area contributed by atoms with Crippen molar-refractivity contribution < 1.29 is 14.7 Å². The number of carboxylic acid groups (broad SMARTS) is 1. The molecule has 0 aliphatic heterocycles. The van der Waals surface area contributed by atoms with E-state index < -0.39 is 5.97 Å². The Balaban J connectivity index is 2.64. The second-order valence-electron chi connectivity index (χ2n) is 4.29. The topological polar surface area (TPSA) is 66.4 Å². The first-order valence-corrected chi connectivity index (χ1v) is 6.48. The molecule has 98 valence electrons. The molecule has 1 atom stereocenters. The van der Waals surface area contributed by atoms with E-state index in [-0.39, 0.29) is 18.4 Å². The highest BCUT2D eigenvalue weighted by Crippen LogP contribution is 2.18. The fourth-order valence-electron chi connectivity index (χ4n) is 1.53. The Bertz CT molecular complexity index is 460. The van der Waals surface area contributed by atoms with Crippen LogP contribution in [-0.2, 0) is 4.79 Å². The summed E-state index contributed by atoms with van der Waals surface area (Å²) in [7, 11) is 0. The molecular weight excluding hydrogens is 298 g/mol. The highest BCUT2D eigenvalue weighted by molar-refractivity contribution is 9.10. The van der Waals surface area contributed by atoms with Crippen LogP contribution in [0.25, 0.3) is 0 Å². The average Bonchev–Trinajstić information content (AvgIpc) is 2.29. The third-order valence-electron chi connectivity index (χ3n) is 2.54. The highest BCUT2D eigenvalue weighted by Gasteiger charge is 2.13. The number of nitrogens with one attached hydrogen (secondary N) is 1. The first-order valence-electron chi connectivity index (χ1n) is 5.69. The molecule has 5 heteroatoms. The fourth-order valence-corrected chi connectivity index (χ4v) is 1.95. The van der Waals surface area contributed by atoms with E-state index in [1.165, 1.54) is 0 Å². The van der Waals surface area contributed by atoms with Gasteiger partial charge in [0.25, 0.3) is 5.91 Å². The lowest BCUT2D eigenvalue weighted by Gasteiger charge is -2.13. The van der Waals surface area contributed by atoms with Gasteiger partial charge < -0.3 is 10.4 Å². The number of aryl methyl sites for hydroxylation is 1. The predicted octanol–water partition coefficient (Wildman–Crippen LogP) is 2.74. The van der Waals surface area contributed by atoms with Crippen molar-refractivity contribution in [3.8, 4) is 0 Å². The van der Waals surface area contributed by atoms with Crippen molar-refractivity contribution in [2.75, 3.05) is 0 Å². The second-order valence-corrected chi connectivity index (χ2v) is 5.14. The molecule has 0 heterocycles. The van der Waals surface area contributed by atoms with Gasteiger partial charge in [-0.15, -0.1) is 0 Å². The summed E-state index contributed by atoms with van der Waals surface area (Å²) < 4.78 is 0.732. The van der Waals surface area contributed by atoms with E-state index in [4.69, 9.17) is 5.11 Å². The molecule has 0 aliphatic carbocycles. The minimum Gasteiger partial charge on any atom is -0.481 e. The van der Waals surface area contributed by atoms with Gasteiger partial charge in [0, 0.05) is 16.9 Å². The van der Waals surface area contributed by atoms with Crippen molar-refractivity contribution in [3.63, 3.8) is 0 Å². The summed E-state index contributed by atoms with van der Waals surface area (Å²) in [5, 5.41) is 11.4. The summed E-state index contributed by atoms with van der Waals surface area (Å²) in [5.41, 5.74) is 1.57. The van der Waals surface area contributed by atoms with Crippen LogP contribution < -0.4 is 5.32 Å². The largest absolute Gasteiger partial charge is 0.481 e. The average molecular weight is 314 g/mol. The van der Waals surface area contributed by atoms with Crippen molar-refractivity contribution >= 4 is 27.8 Å². The number of halogens is 1. The third kappa shape index (κ3) is 4.49. The van der Waals surface area contributed by atoms with Crippen LogP contribution in [0.2, 0.25) is 0 Å². The highest BCUT2D eigenvalue weighted by atomic mass is 79.9. The van der Waals surface area contributed by atoms with Gasteiger partial charge >= 0.3 is 5.97 Å². The molecule has 1 unspecified atom stereocenters. The van der Waals surface area contributed by atoms with Crippen LogP contribution in [-0.4, -0.2) is 23.0 Å². The van der Waals surface area contributed by atoms with E-state index in [0.29, 0.717) is 12.0 Å². The van der Waals surface area contributed by atoms with E-state index in [0.717, 1.165) is 10.0 Å². The molecule has 2 N–H and O–H groups in total. The molecule has 1 amide bonds. The van der Waals surface area contributed by atoms with Crippen LogP contribution in [0.15, 0.2) is 22.7 Å². The quantitative estimate of drug-likeness (QED) is 0.878. The number of benzene rings is 1. The lowest BCUT2D eigenvalue weighted by Crippen LogP contribution is -2.33. The summed E-state index contributed by atoms with van der Waals surface area (Å²) in [6.07, 6.45) is 0.473. The second kappa shape index (κ2) is 6.54. The van der Waals surface area contributed by atoms with E-state index in [1.807, 2.05) is 19.1 Å². The normalized spacial score (nSPS) is 11.9. The van der Waals surface area contributed by atoms with Crippen LogP contribution >= 0.6 is 15.9 Å².